The molecule has 4 nitrogen and oxygen atoms in total. The van der Waals surface area contributed by atoms with E-state index in [4.69, 9.17) is 10.2 Å². The monoisotopic (exact) mass is 174 g/mol. The first-order valence-corrected chi connectivity index (χ1v) is 4.00. The van der Waals surface area contributed by atoms with Crippen LogP contribution in [0.1, 0.15) is 12.8 Å². The SMILES string of the molecule is OC1/C=C/C(O)CC(O)C(O)C1. The topological polar surface area (TPSA) is 80.9 Å². The van der Waals surface area contributed by atoms with Crippen LogP contribution in [0.25, 0.3) is 0 Å². The number of hydrogen-bond acceptors (Lipinski definition) is 4. The van der Waals surface area contributed by atoms with Crippen molar-refractivity contribution in [3.63, 3.8) is 0 Å². The van der Waals surface area contributed by atoms with Gasteiger partial charge in [0.2, 0.25) is 0 Å². The fourth-order valence-corrected chi connectivity index (χ4v) is 1.22. The summed E-state index contributed by atoms with van der Waals surface area (Å²) in [5.41, 5.74) is 0. The molecule has 1 aliphatic carbocycles. The Hall–Kier alpha value is -0.420. The summed E-state index contributed by atoms with van der Waals surface area (Å²) in [6.45, 7) is 0. The fraction of sp³-hybridized carbons (Fsp3) is 0.750. The van der Waals surface area contributed by atoms with Gasteiger partial charge in [0.15, 0.2) is 0 Å². The molecule has 0 bridgehead atoms. The van der Waals surface area contributed by atoms with Crippen molar-refractivity contribution >= 4 is 0 Å². The van der Waals surface area contributed by atoms with E-state index in [1.165, 1.54) is 12.2 Å². The Morgan fingerprint density at radius 1 is 0.750 bits per heavy atom. The molecule has 4 N–H and O–H groups in total. The molecule has 0 aromatic carbocycles. The van der Waals surface area contributed by atoms with Crippen molar-refractivity contribution in [2.75, 3.05) is 0 Å². The van der Waals surface area contributed by atoms with Gasteiger partial charge in [-0.1, -0.05) is 12.2 Å². The molecule has 0 spiro atoms. The van der Waals surface area contributed by atoms with Crippen molar-refractivity contribution in [3.05, 3.63) is 12.2 Å². The van der Waals surface area contributed by atoms with E-state index in [2.05, 4.69) is 0 Å². The predicted octanol–water partition coefficient (Wildman–Crippen LogP) is -1.22. The first kappa shape index (κ1) is 9.67. The van der Waals surface area contributed by atoms with Crippen molar-refractivity contribution < 1.29 is 20.4 Å². The van der Waals surface area contributed by atoms with Crippen LogP contribution in [0.2, 0.25) is 0 Å². The smallest absolute Gasteiger partial charge is 0.0828 e. The zero-order valence-corrected chi connectivity index (χ0v) is 6.67. The number of hydrogen-bond donors (Lipinski definition) is 4. The molecule has 0 aliphatic heterocycles. The lowest BCUT2D eigenvalue weighted by Gasteiger charge is -2.23. The maximum Gasteiger partial charge on any atom is 0.0828 e. The summed E-state index contributed by atoms with van der Waals surface area (Å²) in [6.07, 6.45) is -0.401. The lowest BCUT2D eigenvalue weighted by Crippen LogP contribution is -2.34. The zero-order valence-electron chi connectivity index (χ0n) is 6.67. The van der Waals surface area contributed by atoms with E-state index in [1.54, 1.807) is 0 Å². The van der Waals surface area contributed by atoms with Crippen LogP contribution in [-0.2, 0) is 0 Å². The van der Waals surface area contributed by atoms with Gasteiger partial charge in [0, 0.05) is 12.8 Å². The highest BCUT2D eigenvalue weighted by Crippen LogP contribution is 2.13. The lowest BCUT2D eigenvalue weighted by atomic mass is 9.97. The Morgan fingerprint density at radius 2 is 1.08 bits per heavy atom. The molecule has 12 heavy (non-hydrogen) atoms. The first-order valence-electron chi connectivity index (χ1n) is 4.00. The second-order valence-corrected chi connectivity index (χ2v) is 3.13. The van der Waals surface area contributed by atoms with E-state index < -0.39 is 24.4 Å². The summed E-state index contributed by atoms with van der Waals surface area (Å²) in [4.78, 5) is 0. The van der Waals surface area contributed by atoms with Crippen molar-refractivity contribution in [3.8, 4) is 0 Å². The molecule has 0 aromatic rings. The third kappa shape index (κ3) is 2.57. The van der Waals surface area contributed by atoms with Crippen molar-refractivity contribution in [2.45, 2.75) is 37.3 Å². The van der Waals surface area contributed by atoms with Crippen LogP contribution in [0.5, 0.6) is 0 Å². The Balaban J connectivity index is 2.62. The predicted molar refractivity (Wildman–Crippen MR) is 42.4 cm³/mol. The van der Waals surface area contributed by atoms with E-state index in [0.29, 0.717) is 0 Å². The maximum absolute atomic E-state index is 9.22. The van der Waals surface area contributed by atoms with E-state index >= 15 is 0 Å². The largest absolute Gasteiger partial charge is 0.390 e. The average Bonchev–Trinajstić information content (AvgIpc) is 1.99. The molecule has 70 valence electrons. The molecule has 1 aliphatic rings. The maximum atomic E-state index is 9.22. The minimum Gasteiger partial charge on any atom is -0.390 e. The van der Waals surface area contributed by atoms with Crippen LogP contribution in [0.3, 0.4) is 0 Å². The second kappa shape index (κ2) is 4.00. The molecule has 0 radical (unpaired) electrons. The van der Waals surface area contributed by atoms with Gasteiger partial charge in [-0.05, 0) is 0 Å². The van der Waals surface area contributed by atoms with Gasteiger partial charge in [0.1, 0.15) is 0 Å². The minimum atomic E-state index is -0.959. The molecule has 0 fully saturated rings. The van der Waals surface area contributed by atoms with Gasteiger partial charge in [-0.3, -0.25) is 0 Å². The lowest BCUT2D eigenvalue weighted by molar-refractivity contribution is -0.0262. The highest BCUT2D eigenvalue weighted by Gasteiger charge is 2.23. The van der Waals surface area contributed by atoms with Crippen LogP contribution in [0, 0.1) is 0 Å². The highest BCUT2D eigenvalue weighted by atomic mass is 16.3. The molecule has 4 heteroatoms. The Kier molecular flexibility index (Phi) is 3.22. The molecule has 4 unspecified atom stereocenters. The van der Waals surface area contributed by atoms with Crippen molar-refractivity contribution in [1.29, 1.82) is 0 Å². The van der Waals surface area contributed by atoms with Gasteiger partial charge in [-0.25, -0.2) is 0 Å². The van der Waals surface area contributed by atoms with E-state index in [1.807, 2.05) is 0 Å². The van der Waals surface area contributed by atoms with E-state index in [0.717, 1.165) is 0 Å². The number of aliphatic hydroxyl groups excluding tert-OH is 4. The molecular weight excluding hydrogens is 160 g/mol. The highest BCUT2D eigenvalue weighted by molar-refractivity contribution is 4.98. The number of rotatable bonds is 0. The molecule has 0 aromatic heterocycles. The van der Waals surface area contributed by atoms with Crippen LogP contribution >= 0.6 is 0 Å². The molecule has 0 saturated carbocycles. The molecule has 0 heterocycles. The van der Waals surface area contributed by atoms with Crippen LogP contribution in [0.15, 0.2) is 12.2 Å². The Labute approximate surface area is 70.8 Å². The quantitative estimate of drug-likeness (QED) is 0.347. The van der Waals surface area contributed by atoms with E-state index in [-0.39, 0.29) is 12.8 Å². The van der Waals surface area contributed by atoms with Gasteiger partial charge >= 0.3 is 0 Å². The third-order valence-corrected chi connectivity index (χ3v) is 1.97. The van der Waals surface area contributed by atoms with Crippen molar-refractivity contribution in [1.82, 2.24) is 0 Å². The van der Waals surface area contributed by atoms with Crippen molar-refractivity contribution in [2.24, 2.45) is 0 Å². The molecule has 0 amide bonds. The van der Waals surface area contributed by atoms with Gasteiger partial charge in [-0.2, -0.15) is 0 Å². The average molecular weight is 174 g/mol. The third-order valence-electron chi connectivity index (χ3n) is 1.97. The summed E-state index contributed by atoms with van der Waals surface area (Å²) < 4.78 is 0. The molecule has 1 rings (SSSR count). The summed E-state index contributed by atoms with van der Waals surface area (Å²) >= 11 is 0. The first-order chi connectivity index (χ1) is 5.59. The van der Waals surface area contributed by atoms with Gasteiger partial charge in [0.25, 0.3) is 0 Å². The molecular formula is C8H14O4. The zero-order chi connectivity index (χ0) is 9.14. The van der Waals surface area contributed by atoms with Crippen LogP contribution in [-0.4, -0.2) is 44.8 Å². The summed E-state index contributed by atoms with van der Waals surface area (Å²) in [5.74, 6) is 0. The second-order valence-electron chi connectivity index (χ2n) is 3.13. The summed E-state index contributed by atoms with van der Waals surface area (Å²) in [7, 11) is 0. The molecule has 0 saturated heterocycles. The minimum absolute atomic E-state index is 0.115. The number of aliphatic hydroxyl groups is 4. The fourth-order valence-electron chi connectivity index (χ4n) is 1.22. The Bertz CT molecular complexity index is 150. The van der Waals surface area contributed by atoms with E-state index in [9.17, 15) is 10.2 Å². The van der Waals surface area contributed by atoms with Gasteiger partial charge in [0.05, 0.1) is 24.4 Å². The molecule has 4 atom stereocenters. The van der Waals surface area contributed by atoms with Gasteiger partial charge in [-0.15, -0.1) is 0 Å². The Morgan fingerprint density at radius 3 is 1.42 bits per heavy atom. The van der Waals surface area contributed by atoms with Crippen LogP contribution in [0.4, 0.5) is 0 Å². The summed E-state index contributed by atoms with van der Waals surface area (Å²) in [5, 5.41) is 36.7. The van der Waals surface area contributed by atoms with Crippen LogP contribution < -0.4 is 0 Å². The standard InChI is InChI=1S/C8H14O4/c9-5-1-2-6(10)4-8(12)7(11)3-5/h1-2,5-12H,3-4H2/b2-1+. The summed E-state index contributed by atoms with van der Waals surface area (Å²) in [6, 6.07) is 0. The van der Waals surface area contributed by atoms with Gasteiger partial charge < -0.3 is 20.4 Å². The normalized spacial score (nSPS) is 46.3.